The highest BCUT2D eigenvalue weighted by atomic mass is 32.1. The van der Waals surface area contributed by atoms with Crippen LogP contribution in [0.2, 0.25) is 0 Å². The van der Waals surface area contributed by atoms with E-state index in [-0.39, 0.29) is 5.91 Å². The van der Waals surface area contributed by atoms with Crippen LogP contribution >= 0.6 is 11.3 Å². The zero-order valence-corrected chi connectivity index (χ0v) is 16.0. The molecule has 1 aromatic rings. The molecule has 0 aromatic carbocycles. The van der Waals surface area contributed by atoms with Crippen LogP contribution in [0.1, 0.15) is 60.9 Å². The number of nitrogens with zero attached hydrogens (tertiary/aromatic N) is 2. The Bertz CT molecular complexity index is 518. The van der Waals surface area contributed by atoms with Crippen LogP contribution < -0.4 is 5.32 Å². The molecule has 23 heavy (non-hydrogen) atoms. The number of amides is 1. The van der Waals surface area contributed by atoms with Crippen LogP contribution in [0.3, 0.4) is 0 Å². The maximum atomic E-state index is 12.4. The molecule has 1 aliphatic heterocycles. The first kappa shape index (κ1) is 18.4. The molecule has 0 bridgehead atoms. The monoisotopic (exact) mass is 337 g/mol. The third kappa shape index (κ3) is 5.28. The summed E-state index contributed by atoms with van der Waals surface area (Å²) in [6, 6.07) is 0.398. The summed E-state index contributed by atoms with van der Waals surface area (Å²) in [5.74, 6) is 1.44. The normalized spacial score (nSPS) is 18.3. The van der Waals surface area contributed by atoms with Crippen LogP contribution in [0.4, 0.5) is 0 Å². The summed E-state index contributed by atoms with van der Waals surface area (Å²) >= 11 is 1.55. The summed E-state index contributed by atoms with van der Waals surface area (Å²) < 4.78 is 0. The van der Waals surface area contributed by atoms with Gasteiger partial charge in [-0.2, -0.15) is 0 Å². The molecule has 4 nitrogen and oxygen atoms in total. The Morgan fingerprint density at radius 3 is 2.61 bits per heavy atom. The molecule has 1 amide bonds. The zero-order chi connectivity index (χ0) is 17.0. The van der Waals surface area contributed by atoms with E-state index in [0.717, 1.165) is 41.0 Å². The summed E-state index contributed by atoms with van der Waals surface area (Å²) in [5.41, 5.74) is 0.864. The number of likely N-dealkylation sites (tertiary alicyclic amines) is 1. The molecule has 0 saturated carbocycles. The van der Waals surface area contributed by atoms with Crippen molar-refractivity contribution in [2.75, 3.05) is 19.6 Å². The maximum absolute atomic E-state index is 12.4. The number of thiazole rings is 1. The fraction of sp³-hybridized carbons (Fsp3) is 0.778. The highest BCUT2D eigenvalue weighted by molar-refractivity contribution is 7.13. The first-order chi connectivity index (χ1) is 10.9. The fourth-order valence-corrected chi connectivity index (χ4v) is 4.21. The molecule has 2 rings (SSSR count). The van der Waals surface area contributed by atoms with Gasteiger partial charge in [-0.05, 0) is 51.6 Å². The average Bonchev–Trinajstić information content (AvgIpc) is 2.85. The van der Waals surface area contributed by atoms with Crippen molar-refractivity contribution in [3.8, 4) is 0 Å². The van der Waals surface area contributed by atoms with Crippen molar-refractivity contribution >= 4 is 17.2 Å². The largest absolute Gasteiger partial charge is 0.350 e. The second-order valence-electron chi connectivity index (χ2n) is 7.40. The third-order valence-electron chi connectivity index (χ3n) is 4.63. The number of piperidine rings is 1. The van der Waals surface area contributed by atoms with E-state index in [0.29, 0.717) is 18.5 Å². The zero-order valence-electron chi connectivity index (χ0n) is 15.2. The molecule has 1 N–H and O–H groups in total. The van der Waals surface area contributed by atoms with Crippen LogP contribution in [-0.4, -0.2) is 41.5 Å². The first-order valence-corrected chi connectivity index (χ1v) is 9.67. The number of rotatable bonds is 6. The number of nitrogens with one attached hydrogen (secondary N) is 1. The van der Waals surface area contributed by atoms with Gasteiger partial charge in [0, 0.05) is 19.0 Å². The molecule has 5 heteroatoms. The highest BCUT2D eigenvalue weighted by Gasteiger charge is 2.22. The lowest BCUT2D eigenvalue weighted by Gasteiger charge is -2.34. The van der Waals surface area contributed by atoms with Gasteiger partial charge in [0.1, 0.15) is 4.88 Å². The Morgan fingerprint density at radius 1 is 1.35 bits per heavy atom. The van der Waals surface area contributed by atoms with Crippen molar-refractivity contribution in [1.29, 1.82) is 0 Å². The summed E-state index contributed by atoms with van der Waals surface area (Å²) in [5, 5.41) is 4.17. The summed E-state index contributed by atoms with van der Waals surface area (Å²) in [6.45, 7) is 13.8. The molecular formula is C18H31N3OS. The smallest absolute Gasteiger partial charge is 0.263 e. The molecule has 0 aliphatic carbocycles. The SMILES string of the molecule is Cc1nc(CC(C)C)sc1C(=O)NCC(C)N1CCC(C)CC1. The molecule has 130 valence electrons. The van der Waals surface area contributed by atoms with Gasteiger partial charge >= 0.3 is 0 Å². The quantitative estimate of drug-likeness (QED) is 0.864. The molecule has 0 spiro atoms. The Balaban J connectivity index is 1.85. The lowest BCUT2D eigenvalue weighted by molar-refractivity contribution is 0.0925. The van der Waals surface area contributed by atoms with Crippen LogP contribution in [0.5, 0.6) is 0 Å². The number of aromatic nitrogens is 1. The molecule has 1 unspecified atom stereocenters. The number of carbonyl (C=O) groups excluding carboxylic acids is 1. The summed E-state index contributed by atoms with van der Waals surface area (Å²) in [6.07, 6.45) is 3.48. The van der Waals surface area contributed by atoms with Crippen LogP contribution in [0.15, 0.2) is 0 Å². The number of aryl methyl sites for hydroxylation is 1. The third-order valence-corrected chi connectivity index (χ3v) is 5.81. The lowest BCUT2D eigenvalue weighted by atomic mass is 9.98. The van der Waals surface area contributed by atoms with Gasteiger partial charge in [-0.1, -0.05) is 20.8 Å². The van der Waals surface area contributed by atoms with Crippen LogP contribution in [-0.2, 0) is 6.42 Å². The van der Waals surface area contributed by atoms with Gasteiger partial charge in [0.25, 0.3) is 5.91 Å². The molecule has 1 fully saturated rings. The second kappa shape index (κ2) is 8.25. The van der Waals surface area contributed by atoms with Crippen molar-refractivity contribution in [2.45, 2.75) is 59.9 Å². The van der Waals surface area contributed by atoms with E-state index in [1.165, 1.54) is 12.8 Å². The minimum atomic E-state index is 0.0345. The molecule has 1 atom stereocenters. The summed E-state index contributed by atoms with van der Waals surface area (Å²) in [4.78, 5) is 20.3. The Kier molecular flexibility index (Phi) is 6.60. The van der Waals surface area contributed by atoms with E-state index >= 15 is 0 Å². The van der Waals surface area contributed by atoms with Crippen LogP contribution in [0, 0.1) is 18.8 Å². The van der Waals surface area contributed by atoms with Crippen molar-refractivity contribution in [3.05, 3.63) is 15.6 Å². The Hall–Kier alpha value is -0.940. The van der Waals surface area contributed by atoms with Crippen LogP contribution in [0.25, 0.3) is 0 Å². The van der Waals surface area contributed by atoms with Crippen molar-refractivity contribution in [3.63, 3.8) is 0 Å². The number of carbonyl (C=O) groups is 1. The van der Waals surface area contributed by atoms with E-state index in [1.54, 1.807) is 11.3 Å². The van der Waals surface area contributed by atoms with Gasteiger partial charge in [0.15, 0.2) is 0 Å². The lowest BCUT2D eigenvalue weighted by Crippen LogP contribution is -2.45. The minimum absolute atomic E-state index is 0.0345. The Labute approximate surface area is 144 Å². The van der Waals surface area contributed by atoms with Gasteiger partial charge in [-0.3, -0.25) is 9.69 Å². The van der Waals surface area contributed by atoms with E-state index in [2.05, 4.69) is 42.9 Å². The molecular weight excluding hydrogens is 306 g/mol. The van der Waals surface area contributed by atoms with Crippen molar-refractivity contribution < 1.29 is 4.79 Å². The number of hydrogen-bond donors (Lipinski definition) is 1. The second-order valence-corrected chi connectivity index (χ2v) is 8.48. The standard InChI is InChI=1S/C18H31N3OS/c1-12(2)10-16-20-15(5)17(23-16)18(22)19-11-14(4)21-8-6-13(3)7-9-21/h12-14H,6-11H2,1-5H3,(H,19,22). The minimum Gasteiger partial charge on any atom is -0.350 e. The molecule has 0 radical (unpaired) electrons. The summed E-state index contributed by atoms with van der Waals surface area (Å²) in [7, 11) is 0. The average molecular weight is 338 g/mol. The molecule has 1 aliphatic rings. The van der Waals surface area contributed by atoms with Gasteiger partial charge < -0.3 is 5.32 Å². The molecule has 2 heterocycles. The van der Waals surface area contributed by atoms with Crippen molar-refractivity contribution in [1.82, 2.24) is 15.2 Å². The maximum Gasteiger partial charge on any atom is 0.263 e. The van der Waals surface area contributed by atoms with Gasteiger partial charge in [-0.15, -0.1) is 11.3 Å². The Morgan fingerprint density at radius 2 is 2.00 bits per heavy atom. The topological polar surface area (TPSA) is 45.2 Å². The van der Waals surface area contributed by atoms with E-state index < -0.39 is 0 Å². The van der Waals surface area contributed by atoms with E-state index in [1.807, 2.05) is 6.92 Å². The predicted octanol–water partition coefficient (Wildman–Crippen LogP) is 3.50. The molecule has 1 aromatic heterocycles. The van der Waals surface area contributed by atoms with Crippen molar-refractivity contribution in [2.24, 2.45) is 11.8 Å². The highest BCUT2D eigenvalue weighted by Crippen LogP contribution is 2.21. The molecule has 1 saturated heterocycles. The predicted molar refractivity (Wildman–Crippen MR) is 97.2 cm³/mol. The first-order valence-electron chi connectivity index (χ1n) is 8.85. The van der Waals surface area contributed by atoms with Gasteiger partial charge in [0.05, 0.1) is 10.7 Å². The van der Waals surface area contributed by atoms with Gasteiger partial charge in [0.2, 0.25) is 0 Å². The van der Waals surface area contributed by atoms with E-state index in [9.17, 15) is 4.79 Å². The van der Waals surface area contributed by atoms with E-state index in [4.69, 9.17) is 0 Å². The fourth-order valence-electron chi connectivity index (χ4n) is 3.02. The number of hydrogen-bond acceptors (Lipinski definition) is 4. The van der Waals surface area contributed by atoms with Gasteiger partial charge in [-0.25, -0.2) is 4.98 Å².